The third kappa shape index (κ3) is 3.60. The Morgan fingerprint density at radius 3 is 2.63 bits per heavy atom. The van der Waals surface area contributed by atoms with E-state index in [-0.39, 0.29) is 0 Å². The molecule has 0 aliphatic rings. The van der Waals surface area contributed by atoms with Crippen LogP contribution in [0.4, 0.5) is 15.8 Å². The van der Waals surface area contributed by atoms with Crippen LogP contribution in [0.25, 0.3) is 0 Å². The van der Waals surface area contributed by atoms with E-state index < -0.39 is 46.0 Å². The third-order valence-corrected chi connectivity index (χ3v) is 2.13. The largest absolute Gasteiger partial charge is 0.478 e. The van der Waals surface area contributed by atoms with Gasteiger partial charge in [0.2, 0.25) is 5.91 Å². The predicted octanol–water partition coefficient (Wildman–Crippen LogP) is 1.70. The number of carboxylic acid groups (broad SMARTS) is 1. The lowest BCUT2D eigenvalue weighted by Crippen LogP contribution is -2.16. The highest BCUT2D eigenvalue weighted by atomic mass is 19.1. The van der Waals surface area contributed by atoms with E-state index in [4.69, 9.17) is 5.11 Å². The maximum atomic E-state index is 13.4. The first-order valence-electron chi connectivity index (χ1n) is 4.96. The van der Waals surface area contributed by atoms with Gasteiger partial charge in [0.15, 0.2) is 11.5 Å². The Labute approximate surface area is 106 Å². The molecule has 7 nitrogen and oxygen atoms in total. The first-order chi connectivity index (χ1) is 8.82. The van der Waals surface area contributed by atoms with Gasteiger partial charge in [-0.15, -0.1) is 0 Å². The van der Waals surface area contributed by atoms with Crippen molar-refractivity contribution in [3.05, 3.63) is 46.3 Å². The zero-order valence-electron chi connectivity index (χ0n) is 9.55. The summed E-state index contributed by atoms with van der Waals surface area (Å²) in [6.45, 7) is 3.13. The van der Waals surface area contributed by atoms with Crippen LogP contribution in [0.5, 0.6) is 0 Å². The van der Waals surface area contributed by atoms with Gasteiger partial charge in [-0.1, -0.05) is 12.6 Å². The number of amides is 1. The van der Waals surface area contributed by atoms with Crippen LogP contribution >= 0.6 is 0 Å². The van der Waals surface area contributed by atoms with E-state index in [0.29, 0.717) is 0 Å². The second kappa shape index (κ2) is 5.71. The van der Waals surface area contributed by atoms with E-state index in [2.05, 4.69) is 6.58 Å². The highest BCUT2D eigenvalue weighted by molar-refractivity contribution is 6.00. The summed E-state index contributed by atoms with van der Waals surface area (Å²) in [6.07, 6.45) is -0.596. The minimum absolute atomic E-state index is 0.406. The van der Waals surface area contributed by atoms with Crippen LogP contribution in [-0.4, -0.2) is 21.9 Å². The number of para-hydroxylation sites is 1. The van der Waals surface area contributed by atoms with Gasteiger partial charge in [-0.2, -0.15) is 0 Å². The van der Waals surface area contributed by atoms with Crippen molar-refractivity contribution in [1.29, 1.82) is 0 Å². The lowest BCUT2D eigenvalue weighted by atomic mass is 10.2. The van der Waals surface area contributed by atoms with E-state index in [1.165, 1.54) is 0 Å². The maximum Gasteiger partial charge on any atom is 0.331 e. The quantitative estimate of drug-likeness (QED) is 0.480. The van der Waals surface area contributed by atoms with Crippen LogP contribution in [0.2, 0.25) is 0 Å². The maximum absolute atomic E-state index is 13.4. The number of anilines is 1. The molecule has 0 atom stereocenters. The third-order valence-electron chi connectivity index (χ3n) is 2.13. The molecule has 0 radical (unpaired) electrons. The number of nitrogens with zero attached hydrogens (tertiary/aromatic N) is 1. The van der Waals surface area contributed by atoms with Crippen molar-refractivity contribution in [2.24, 2.45) is 0 Å². The number of nitro groups is 1. The number of nitro benzene ring substituents is 1. The normalized spacial score (nSPS) is 9.74. The lowest BCUT2D eigenvalue weighted by molar-refractivity contribution is -0.384. The molecular weight excluding hydrogens is 259 g/mol. The Hall–Kier alpha value is -2.77. The molecule has 2 N–H and O–H groups in total. The molecule has 0 fully saturated rings. The van der Waals surface area contributed by atoms with E-state index >= 15 is 0 Å². The van der Waals surface area contributed by atoms with Crippen LogP contribution in [-0.2, 0) is 9.59 Å². The van der Waals surface area contributed by atoms with Gasteiger partial charge in [0.05, 0.1) is 11.3 Å². The molecule has 0 unspecified atom stereocenters. The fourth-order valence-corrected chi connectivity index (χ4v) is 1.24. The summed E-state index contributed by atoms with van der Waals surface area (Å²) >= 11 is 0. The summed E-state index contributed by atoms with van der Waals surface area (Å²) in [5.74, 6) is -3.26. The highest BCUT2D eigenvalue weighted by Gasteiger charge is 2.20. The van der Waals surface area contributed by atoms with Gasteiger partial charge in [0, 0.05) is 11.6 Å². The second-order valence-electron chi connectivity index (χ2n) is 3.52. The molecule has 1 rings (SSSR count). The Kier molecular flexibility index (Phi) is 4.30. The number of carbonyl (C=O) groups excluding carboxylic acids is 1. The summed E-state index contributed by atoms with van der Waals surface area (Å²) in [7, 11) is 0. The summed E-state index contributed by atoms with van der Waals surface area (Å²) in [4.78, 5) is 31.7. The minimum Gasteiger partial charge on any atom is -0.478 e. The number of hydrogen-bond donors (Lipinski definition) is 2. The average Bonchev–Trinajstić information content (AvgIpc) is 2.31. The van der Waals surface area contributed by atoms with Gasteiger partial charge in [0.1, 0.15) is 0 Å². The van der Waals surface area contributed by atoms with Crippen LogP contribution in [0.15, 0.2) is 30.4 Å². The SMILES string of the molecule is C=C(CC(=O)Nc1c(F)cccc1[N+](=O)[O-])C(=O)O. The second-order valence-corrected chi connectivity index (χ2v) is 3.52. The van der Waals surface area contributed by atoms with Crippen LogP contribution in [0.1, 0.15) is 6.42 Å². The molecule has 0 aliphatic heterocycles. The summed E-state index contributed by atoms with van der Waals surface area (Å²) in [5.41, 5.74) is -1.62. The molecule has 0 bridgehead atoms. The zero-order valence-corrected chi connectivity index (χ0v) is 9.55. The Morgan fingerprint density at radius 1 is 1.47 bits per heavy atom. The molecule has 1 aromatic rings. The number of nitrogens with one attached hydrogen (secondary N) is 1. The zero-order chi connectivity index (χ0) is 14.6. The smallest absolute Gasteiger partial charge is 0.331 e. The fraction of sp³-hybridized carbons (Fsp3) is 0.0909. The van der Waals surface area contributed by atoms with Crippen molar-refractivity contribution in [2.45, 2.75) is 6.42 Å². The topological polar surface area (TPSA) is 110 Å². The standard InChI is InChI=1S/C11H9FN2O5/c1-6(11(16)17)5-9(15)13-10-7(12)3-2-4-8(10)14(18)19/h2-4H,1,5H2,(H,13,15)(H,16,17). The van der Waals surface area contributed by atoms with Gasteiger partial charge < -0.3 is 10.4 Å². The predicted molar refractivity (Wildman–Crippen MR) is 63.1 cm³/mol. The Bertz CT molecular complexity index is 570. The molecule has 0 aliphatic carbocycles. The van der Waals surface area contributed by atoms with E-state index in [9.17, 15) is 24.1 Å². The van der Waals surface area contributed by atoms with Crippen molar-refractivity contribution in [3.8, 4) is 0 Å². The van der Waals surface area contributed by atoms with Crippen molar-refractivity contribution >= 4 is 23.3 Å². The molecule has 19 heavy (non-hydrogen) atoms. The summed E-state index contributed by atoms with van der Waals surface area (Å²) < 4.78 is 13.4. The number of rotatable bonds is 5. The van der Waals surface area contributed by atoms with Crippen molar-refractivity contribution < 1.29 is 24.0 Å². The number of halogens is 1. The molecule has 0 saturated carbocycles. The molecule has 1 aromatic carbocycles. The van der Waals surface area contributed by atoms with Crippen LogP contribution in [0.3, 0.4) is 0 Å². The molecule has 0 aromatic heterocycles. The van der Waals surface area contributed by atoms with Gasteiger partial charge in [-0.25, -0.2) is 9.18 Å². The average molecular weight is 268 g/mol. The molecule has 100 valence electrons. The molecule has 0 spiro atoms. The monoisotopic (exact) mass is 268 g/mol. The Morgan fingerprint density at radius 2 is 2.11 bits per heavy atom. The van der Waals surface area contributed by atoms with Gasteiger partial charge >= 0.3 is 5.97 Å². The fourth-order valence-electron chi connectivity index (χ4n) is 1.24. The van der Waals surface area contributed by atoms with Crippen molar-refractivity contribution in [1.82, 2.24) is 0 Å². The van der Waals surface area contributed by atoms with Gasteiger partial charge in [-0.05, 0) is 6.07 Å². The number of benzene rings is 1. The highest BCUT2D eigenvalue weighted by Crippen LogP contribution is 2.27. The van der Waals surface area contributed by atoms with E-state index in [1.807, 2.05) is 5.32 Å². The summed E-state index contributed by atoms with van der Waals surface area (Å²) in [6, 6.07) is 3.08. The number of hydrogen-bond acceptors (Lipinski definition) is 4. The van der Waals surface area contributed by atoms with Gasteiger partial charge in [-0.3, -0.25) is 14.9 Å². The minimum atomic E-state index is -1.38. The molecular formula is C11H9FN2O5. The number of carbonyl (C=O) groups is 2. The van der Waals surface area contributed by atoms with Gasteiger partial charge in [0.25, 0.3) is 5.69 Å². The van der Waals surface area contributed by atoms with E-state index in [0.717, 1.165) is 18.2 Å². The summed E-state index contributed by atoms with van der Waals surface area (Å²) in [5, 5.41) is 21.2. The molecule has 1 amide bonds. The first-order valence-corrected chi connectivity index (χ1v) is 4.96. The molecule has 0 saturated heterocycles. The van der Waals surface area contributed by atoms with Crippen LogP contribution < -0.4 is 5.32 Å². The number of carboxylic acids is 1. The van der Waals surface area contributed by atoms with Crippen LogP contribution in [0, 0.1) is 15.9 Å². The Balaban J connectivity index is 2.94. The van der Waals surface area contributed by atoms with Crippen molar-refractivity contribution in [3.63, 3.8) is 0 Å². The number of aliphatic carboxylic acids is 1. The van der Waals surface area contributed by atoms with Crippen molar-refractivity contribution in [2.75, 3.05) is 5.32 Å². The molecule has 8 heteroatoms. The lowest BCUT2D eigenvalue weighted by Gasteiger charge is -2.06. The molecule has 0 heterocycles. The van der Waals surface area contributed by atoms with E-state index in [1.54, 1.807) is 0 Å². The first kappa shape index (κ1) is 14.3.